The molecule has 0 atom stereocenters. The number of pyridine rings is 1. The Morgan fingerprint density at radius 2 is 1.57 bits per heavy atom. The van der Waals surface area contributed by atoms with Crippen LogP contribution in [-0.2, 0) is 17.8 Å². The van der Waals surface area contributed by atoms with Crippen molar-refractivity contribution in [2.45, 2.75) is 26.8 Å². The van der Waals surface area contributed by atoms with Crippen LogP contribution >= 0.6 is 0 Å². The summed E-state index contributed by atoms with van der Waals surface area (Å²) in [5.74, 6) is 1.48. The number of carbonyl (C=O) groups excluding carboxylic acids is 1. The fourth-order valence-corrected chi connectivity index (χ4v) is 2.48. The van der Waals surface area contributed by atoms with Gasteiger partial charge in [0.2, 0.25) is 24.7 Å². The quantitative estimate of drug-likeness (QED) is 0.630. The highest BCUT2D eigenvalue weighted by atomic mass is 79.9. The fourth-order valence-electron chi connectivity index (χ4n) is 2.48. The molecule has 0 aliphatic rings. The molecule has 124 valence electrons. The second-order valence-electron chi connectivity index (χ2n) is 5.37. The van der Waals surface area contributed by atoms with Gasteiger partial charge < -0.3 is 26.5 Å². The summed E-state index contributed by atoms with van der Waals surface area (Å²) in [5, 5.41) is 0. The fraction of sp³-hybridized carbons (Fsp3) is 0.333. The Balaban J connectivity index is 0.00000264. The van der Waals surface area contributed by atoms with Crippen molar-refractivity contribution in [2.24, 2.45) is 0 Å². The molecule has 4 nitrogen and oxygen atoms in total. The van der Waals surface area contributed by atoms with Gasteiger partial charge in [-0.2, -0.15) is 4.57 Å². The van der Waals surface area contributed by atoms with Gasteiger partial charge in [-0.1, -0.05) is 18.2 Å². The second-order valence-corrected chi connectivity index (χ2v) is 5.37. The normalized spacial score (nSPS) is 9.91. The van der Waals surface area contributed by atoms with Crippen molar-refractivity contribution in [1.29, 1.82) is 0 Å². The number of carbonyl (C=O) groups is 1. The third-order valence-corrected chi connectivity index (χ3v) is 3.72. The maximum atomic E-state index is 12.4. The topological polar surface area (TPSA) is 39.4 Å². The summed E-state index contributed by atoms with van der Waals surface area (Å²) < 4.78 is 12.2. The van der Waals surface area contributed by atoms with Crippen LogP contribution in [0.2, 0.25) is 0 Å². The summed E-state index contributed by atoms with van der Waals surface area (Å²) in [6.45, 7) is 4.37. The number of hydrogen-bond acceptors (Lipinski definition) is 3. The Hall–Kier alpha value is -1.88. The van der Waals surface area contributed by atoms with Gasteiger partial charge in [-0.25, -0.2) is 0 Å². The van der Waals surface area contributed by atoms with Gasteiger partial charge in [0.25, 0.3) is 0 Å². The third kappa shape index (κ3) is 5.06. The number of halogens is 1. The van der Waals surface area contributed by atoms with Gasteiger partial charge in [0, 0.05) is 12.5 Å². The van der Waals surface area contributed by atoms with E-state index in [9.17, 15) is 4.79 Å². The molecule has 23 heavy (non-hydrogen) atoms. The zero-order valence-electron chi connectivity index (χ0n) is 13.9. The van der Waals surface area contributed by atoms with E-state index >= 15 is 0 Å². The summed E-state index contributed by atoms with van der Waals surface area (Å²) in [5.41, 5.74) is 3.42. The van der Waals surface area contributed by atoms with Crippen molar-refractivity contribution in [2.75, 3.05) is 14.2 Å². The minimum Gasteiger partial charge on any atom is -1.00 e. The van der Waals surface area contributed by atoms with Crippen molar-refractivity contribution in [3.8, 4) is 11.5 Å². The van der Waals surface area contributed by atoms with Crippen LogP contribution in [0.4, 0.5) is 0 Å². The first-order valence-electron chi connectivity index (χ1n) is 7.22. The molecule has 1 aromatic heterocycles. The Bertz CT molecular complexity index is 643. The van der Waals surface area contributed by atoms with Gasteiger partial charge in [0.05, 0.1) is 14.2 Å². The zero-order valence-corrected chi connectivity index (χ0v) is 15.5. The lowest BCUT2D eigenvalue weighted by Gasteiger charge is -2.08. The lowest BCUT2D eigenvalue weighted by Crippen LogP contribution is -3.00. The van der Waals surface area contributed by atoms with Gasteiger partial charge in [-0.05, 0) is 30.5 Å². The van der Waals surface area contributed by atoms with E-state index in [1.54, 1.807) is 37.2 Å². The predicted octanol–water partition coefficient (Wildman–Crippen LogP) is -0.576. The van der Waals surface area contributed by atoms with Crippen LogP contribution in [0.1, 0.15) is 16.7 Å². The number of rotatable bonds is 6. The monoisotopic (exact) mass is 379 g/mol. The maximum absolute atomic E-state index is 12.4. The van der Waals surface area contributed by atoms with Gasteiger partial charge >= 0.3 is 0 Å². The first-order chi connectivity index (χ1) is 10.5. The molecule has 2 aromatic rings. The molecule has 0 saturated carbocycles. The molecule has 5 heteroatoms. The van der Waals surface area contributed by atoms with Crippen molar-refractivity contribution in [3.05, 3.63) is 53.3 Å². The van der Waals surface area contributed by atoms with Crippen molar-refractivity contribution in [3.63, 3.8) is 0 Å². The van der Waals surface area contributed by atoms with Gasteiger partial charge in [0.1, 0.15) is 0 Å². The summed E-state index contributed by atoms with van der Waals surface area (Å²) in [4.78, 5) is 12.4. The van der Waals surface area contributed by atoms with Crippen LogP contribution in [0, 0.1) is 13.8 Å². The molecule has 0 radical (unpaired) electrons. The minimum atomic E-state index is 0. The lowest BCUT2D eigenvalue weighted by atomic mass is 9.98. The summed E-state index contributed by atoms with van der Waals surface area (Å²) >= 11 is 0. The third-order valence-electron chi connectivity index (χ3n) is 3.72. The molecule has 0 spiro atoms. The Morgan fingerprint density at radius 1 is 1.04 bits per heavy atom. The highest BCUT2D eigenvalue weighted by Gasteiger charge is 2.15. The van der Waals surface area contributed by atoms with Crippen LogP contribution in [0.3, 0.4) is 0 Å². The number of ketones is 1. The zero-order chi connectivity index (χ0) is 16.1. The smallest absolute Gasteiger partial charge is 0.211 e. The number of Topliss-reactive ketones (excluding diaryl/α,β-unsaturated/α-hetero) is 1. The molecule has 1 aromatic carbocycles. The van der Waals surface area contributed by atoms with Crippen LogP contribution in [0.15, 0.2) is 36.7 Å². The SMILES string of the molecule is COc1cc(OC)c[n+](CC(=O)Cc2c(C)cccc2C)c1.[Br-]. The standard InChI is InChI=1S/C18H22NO3.BrH/c1-13-6-5-7-14(2)18(13)8-15(20)10-19-11-16(21-3)9-17(12-19)22-4;/h5-7,9,11-12H,8,10H2,1-4H3;1H/q+1;/p-1. The molecule has 0 aliphatic carbocycles. The van der Waals surface area contributed by atoms with E-state index in [1.807, 2.05) is 32.0 Å². The highest BCUT2D eigenvalue weighted by Crippen LogP contribution is 2.16. The lowest BCUT2D eigenvalue weighted by molar-refractivity contribution is -0.684. The average molecular weight is 380 g/mol. The molecular formula is C18H22BrNO3. The van der Waals surface area contributed by atoms with Crippen molar-refractivity contribution < 1.29 is 35.8 Å². The Kier molecular flexibility index (Phi) is 7.23. The van der Waals surface area contributed by atoms with E-state index in [1.165, 1.54) is 0 Å². The summed E-state index contributed by atoms with van der Waals surface area (Å²) in [6, 6.07) is 7.88. The van der Waals surface area contributed by atoms with Crippen molar-refractivity contribution in [1.82, 2.24) is 0 Å². The van der Waals surface area contributed by atoms with E-state index in [-0.39, 0.29) is 22.8 Å². The summed E-state index contributed by atoms with van der Waals surface area (Å²) in [7, 11) is 3.19. The molecule has 0 fully saturated rings. The van der Waals surface area contributed by atoms with E-state index in [2.05, 4.69) is 0 Å². The first kappa shape index (κ1) is 19.2. The van der Waals surface area contributed by atoms with E-state index in [0.29, 0.717) is 24.5 Å². The van der Waals surface area contributed by atoms with E-state index in [0.717, 1.165) is 16.7 Å². The maximum Gasteiger partial charge on any atom is 0.211 e. The first-order valence-corrected chi connectivity index (χ1v) is 7.22. The number of benzene rings is 1. The molecule has 2 rings (SSSR count). The van der Waals surface area contributed by atoms with E-state index in [4.69, 9.17) is 9.47 Å². The van der Waals surface area contributed by atoms with E-state index < -0.39 is 0 Å². The van der Waals surface area contributed by atoms with Gasteiger partial charge in [0.15, 0.2) is 11.5 Å². The number of ether oxygens (including phenoxy) is 2. The van der Waals surface area contributed by atoms with Crippen LogP contribution in [-0.4, -0.2) is 20.0 Å². The van der Waals surface area contributed by atoms with Crippen molar-refractivity contribution >= 4 is 5.78 Å². The number of methoxy groups -OCH3 is 2. The highest BCUT2D eigenvalue weighted by molar-refractivity contribution is 5.80. The summed E-state index contributed by atoms with van der Waals surface area (Å²) in [6.07, 6.45) is 4.03. The van der Waals surface area contributed by atoms with Crippen LogP contribution in [0.5, 0.6) is 11.5 Å². The molecule has 0 N–H and O–H groups in total. The van der Waals surface area contributed by atoms with Crippen LogP contribution < -0.4 is 31.0 Å². The largest absolute Gasteiger partial charge is 1.00 e. The number of aromatic nitrogens is 1. The Morgan fingerprint density at radius 3 is 2.04 bits per heavy atom. The molecule has 0 bridgehead atoms. The molecule has 0 saturated heterocycles. The number of nitrogens with zero attached hydrogens (tertiary/aromatic N) is 1. The molecule has 0 amide bonds. The molecule has 0 aliphatic heterocycles. The Labute approximate surface area is 147 Å². The molecule has 1 heterocycles. The number of aryl methyl sites for hydroxylation is 2. The number of hydrogen-bond donors (Lipinski definition) is 0. The molecular weight excluding hydrogens is 358 g/mol. The minimum absolute atomic E-state index is 0. The average Bonchev–Trinajstić information content (AvgIpc) is 2.50. The predicted molar refractivity (Wildman–Crippen MR) is 84.4 cm³/mol. The van der Waals surface area contributed by atoms with Gasteiger partial charge in [-0.15, -0.1) is 0 Å². The molecule has 0 unspecified atom stereocenters. The van der Waals surface area contributed by atoms with Crippen LogP contribution in [0.25, 0.3) is 0 Å². The second kappa shape index (κ2) is 8.67. The van der Waals surface area contributed by atoms with Gasteiger partial charge in [-0.3, -0.25) is 4.79 Å².